The maximum atomic E-state index is 12.8. The van der Waals surface area contributed by atoms with E-state index in [2.05, 4.69) is 21.7 Å². The Hall–Kier alpha value is -3.00. The zero-order chi connectivity index (χ0) is 19.7. The molecule has 1 aromatic carbocycles. The number of sulfonamides is 1. The van der Waals surface area contributed by atoms with Gasteiger partial charge in [-0.1, -0.05) is 19.1 Å². The number of fused-ring (bicyclic) bond motifs is 1. The Labute approximate surface area is 163 Å². The first-order valence-corrected chi connectivity index (χ1v) is 10.6. The number of aryl methyl sites for hydroxylation is 1. The zero-order valence-electron chi connectivity index (χ0n) is 15.4. The van der Waals surface area contributed by atoms with Gasteiger partial charge < -0.3 is 0 Å². The summed E-state index contributed by atoms with van der Waals surface area (Å²) in [7, 11) is -4.00. The second kappa shape index (κ2) is 7.20. The molecule has 0 spiro atoms. The van der Waals surface area contributed by atoms with Crippen molar-refractivity contribution in [3.05, 3.63) is 71.3 Å². The molecule has 28 heavy (non-hydrogen) atoms. The minimum Gasteiger partial charge on any atom is -0.266 e. The van der Waals surface area contributed by atoms with Crippen LogP contribution in [0.25, 0.3) is 5.69 Å². The van der Waals surface area contributed by atoms with Crippen LogP contribution < -0.4 is 4.72 Å². The fourth-order valence-corrected chi connectivity index (χ4v) is 4.36. The monoisotopic (exact) mass is 396 g/mol. The van der Waals surface area contributed by atoms with Gasteiger partial charge in [-0.2, -0.15) is 5.10 Å². The molecule has 1 aliphatic rings. The average Bonchev–Trinajstić information content (AvgIpc) is 3.31. The topological polar surface area (TPSA) is 94.0 Å². The summed E-state index contributed by atoms with van der Waals surface area (Å²) in [5.41, 5.74) is 4.03. The maximum Gasteiger partial charge on any atom is 0.285 e. The molecule has 7 nitrogen and oxygen atoms in total. The highest BCUT2D eigenvalue weighted by molar-refractivity contribution is 7.90. The minimum absolute atomic E-state index is 0.0606. The molecule has 2 heterocycles. The number of benzene rings is 1. The van der Waals surface area contributed by atoms with Gasteiger partial charge >= 0.3 is 0 Å². The van der Waals surface area contributed by atoms with Crippen molar-refractivity contribution >= 4 is 15.9 Å². The van der Waals surface area contributed by atoms with E-state index in [4.69, 9.17) is 0 Å². The zero-order valence-corrected chi connectivity index (χ0v) is 16.2. The molecule has 3 aromatic rings. The molecular weight excluding hydrogens is 376 g/mol. The number of hydrogen-bond donors (Lipinski definition) is 1. The van der Waals surface area contributed by atoms with Gasteiger partial charge in [0.2, 0.25) is 0 Å². The third-order valence-corrected chi connectivity index (χ3v) is 6.22. The van der Waals surface area contributed by atoms with E-state index in [1.165, 1.54) is 30.1 Å². The summed E-state index contributed by atoms with van der Waals surface area (Å²) in [6, 6.07) is 10.9. The van der Waals surface area contributed by atoms with Crippen LogP contribution in [0.1, 0.15) is 40.7 Å². The number of nitrogens with zero attached hydrogens (tertiary/aromatic N) is 3. The number of carbonyl (C=O) groups is 1. The van der Waals surface area contributed by atoms with Crippen molar-refractivity contribution in [3.63, 3.8) is 0 Å². The van der Waals surface area contributed by atoms with E-state index in [0.717, 1.165) is 36.2 Å². The molecule has 0 bridgehead atoms. The van der Waals surface area contributed by atoms with Crippen molar-refractivity contribution in [1.82, 2.24) is 19.5 Å². The smallest absolute Gasteiger partial charge is 0.266 e. The van der Waals surface area contributed by atoms with Crippen LogP contribution in [-0.4, -0.2) is 29.1 Å². The Morgan fingerprint density at radius 2 is 1.96 bits per heavy atom. The number of rotatable bonds is 5. The first-order chi connectivity index (χ1) is 13.5. The molecule has 8 heteroatoms. The molecule has 0 atom stereocenters. The molecule has 0 saturated carbocycles. The van der Waals surface area contributed by atoms with Crippen molar-refractivity contribution in [3.8, 4) is 5.69 Å². The van der Waals surface area contributed by atoms with E-state index < -0.39 is 15.9 Å². The number of amides is 1. The summed E-state index contributed by atoms with van der Waals surface area (Å²) in [5.74, 6) is -0.717. The predicted molar refractivity (Wildman–Crippen MR) is 104 cm³/mol. The third kappa shape index (κ3) is 3.31. The van der Waals surface area contributed by atoms with Gasteiger partial charge in [-0.25, -0.2) is 17.8 Å². The highest BCUT2D eigenvalue weighted by Crippen LogP contribution is 2.28. The van der Waals surface area contributed by atoms with Crippen molar-refractivity contribution in [1.29, 1.82) is 0 Å². The Kier molecular flexibility index (Phi) is 4.72. The standard InChI is InChI=1S/C20H20N4O3S/c1-2-14-8-10-15(11-9-14)24-18-7-3-6-17(18)19(22-24)20(25)23-28(26,27)16-5-4-12-21-13-16/h4-5,8-13H,2-3,6-7H2,1H3,(H,23,25). The summed E-state index contributed by atoms with van der Waals surface area (Å²) < 4.78 is 28.8. The molecule has 1 N–H and O–H groups in total. The van der Waals surface area contributed by atoms with E-state index in [0.29, 0.717) is 6.42 Å². The molecule has 4 rings (SSSR count). The molecular formula is C20H20N4O3S. The molecule has 0 unspecified atom stereocenters. The van der Waals surface area contributed by atoms with E-state index >= 15 is 0 Å². The predicted octanol–water partition coefficient (Wildman–Crippen LogP) is 2.44. The molecule has 0 aliphatic heterocycles. The van der Waals surface area contributed by atoms with Gasteiger partial charge in [0, 0.05) is 23.7 Å². The summed E-state index contributed by atoms with van der Waals surface area (Å²) in [6.45, 7) is 2.09. The highest BCUT2D eigenvalue weighted by Gasteiger charge is 2.29. The minimum atomic E-state index is -4.00. The SMILES string of the molecule is CCc1ccc(-n2nc(C(=O)NS(=O)(=O)c3cccnc3)c3c2CCC3)cc1. The average molecular weight is 396 g/mol. The van der Waals surface area contributed by atoms with E-state index in [1.807, 2.05) is 24.3 Å². The molecule has 2 aromatic heterocycles. The van der Waals surface area contributed by atoms with E-state index in [-0.39, 0.29) is 10.6 Å². The molecule has 0 fully saturated rings. The molecule has 0 saturated heterocycles. The van der Waals surface area contributed by atoms with Gasteiger partial charge in [-0.3, -0.25) is 9.78 Å². The largest absolute Gasteiger partial charge is 0.285 e. The van der Waals surface area contributed by atoms with Gasteiger partial charge in [-0.15, -0.1) is 0 Å². The second-order valence-electron chi connectivity index (χ2n) is 6.68. The van der Waals surface area contributed by atoms with Gasteiger partial charge in [-0.05, 0) is 55.5 Å². The Bertz CT molecular complexity index is 1120. The number of aromatic nitrogens is 3. The van der Waals surface area contributed by atoms with Crippen molar-refractivity contribution in [2.45, 2.75) is 37.5 Å². The van der Waals surface area contributed by atoms with Crippen LogP contribution in [0, 0.1) is 0 Å². The van der Waals surface area contributed by atoms with Crippen LogP contribution >= 0.6 is 0 Å². The van der Waals surface area contributed by atoms with Crippen LogP contribution in [0.15, 0.2) is 53.7 Å². The van der Waals surface area contributed by atoms with Crippen LogP contribution in [0.3, 0.4) is 0 Å². The number of nitrogens with one attached hydrogen (secondary N) is 1. The van der Waals surface area contributed by atoms with Gasteiger partial charge in [0.1, 0.15) is 4.90 Å². The first kappa shape index (κ1) is 18.4. The lowest BCUT2D eigenvalue weighted by atomic mass is 10.1. The normalized spacial score (nSPS) is 13.3. The summed E-state index contributed by atoms with van der Waals surface area (Å²) in [6.07, 6.45) is 6.04. The Morgan fingerprint density at radius 1 is 1.18 bits per heavy atom. The number of carbonyl (C=O) groups excluding carboxylic acids is 1. The molecule has 1 amide bonds. The quantitative estimate of drug-likeness (QED) is 0.715. The lowest BCUT2D eigenvalue weighted by Gasteiger charge is -2.07. The van der Waals surface area contributed by atoms with Crippen molar-refractivity contribution < 1.29 is 13.2 Å². The third-order valence-electron chi connectivity index (χ3n) is 4.91. The van der Waals surface area contributed by atoms with Gasteiger partial charge in [0.25, 0.3) is 15.9 Å². The van der Waals surface area contributed by atoms with Crippen LogP contribution in [0.5, 0.6) is 0 Å². The van der Waals surface area contributed by atoms with Crippen molar-refractivity contribution in [2.75, 3.05) is 0 Å². The fraction of sp³-hybridized carbons (Fsp3) is 0.250. The summed E-state index contributed by atoms with van der Waals surface area (Å²) >= 11 is 0. The van der Waals surface area contributed by atoms with Crippen molar-refractivity contribution in [2.24, 2.45) is 0 Å². The van der Waals surface area contributed by atoms with Crippen LogP contribution in [-0.2, 0) is 29.3 Å². The lowest BCUT2D eigenvalue weighted by Crippen LogP contribution is -2.31. The molecule has 1 aliphatic carbocycles. The second-order valence-corrected chi connectivity index (χ2v) is 8.36. The van der Waals surface area contributed by atoms with Gasteiger partial charge in [0.05, 0.1) is 5.69 Å². The Balaban J connectivity index is 1.68. The lowest BCUT2D eigenvalue weighted by molar-refractivity contribution is 0.0975. The Morgan fingerprint density at radius 3 is 2.64 bits per heavy atom. The molecule has 0 radical (unpaired) electrons. The molecule has 144 valence electrons. The van der Waals surface area contributed by atoms with E-state index in [9.17, 15) is 13.2 Å². The summed E-state index contributed by atoms with van der Waals surface area (Å²) in [5, 5.41) is 4.46. The van der Waals surface area contributed by atoms with Crippen LogP contribution in [0.2, 0.25) is 0 Å². The van der Waals surface area contributed by atoms with E-state index in [1.54, 1.807) is 4.68 Å². The number of pyridine rings is 1. The fourth-order valence-electron chi connectivity index (χ4n) is 3.44. The van der Waals surface area contributed by atoms with Gasteiger partial charge in [0.15, 0.2) is 5.69 Å². The first-order valence-electron chi connectivity index (χ1n) is 9.17. The maximum absolute atomic E-state index is 12.8. The highest BCUT2D eigenvalue weighted by atomic mass is 32.2. The number of hydrogen-bond acceptors (Lipinski definition) is 5. The van der Waals surface area contributed by atoms with Crippen LogP contribution in [0.4, 0.5) is 0 Å². The summed E-state index contributed by atoms with van der Waals surface area (Å²) in [4.78, 5) is 16.5.